The number of likely N-dealkylation sites (N-methyl/N-ethyl adjacent to an activating group) is 1. The minimum atomic E-state index is -0.267. The molecule has 0 atom stereocenters. The van der Waals surface area contributed by atoms with Gasteiger partial charge in [-0.05, 0) is 36.8 Å². The predicted octanol–water partition coefficient (Wildman–Crippen LogP) is 2.55. The Hall–Kier alpha value is -2.83. The Labute approximate surface area is 164 Å². The molecule has 1 N–H and O–H groups in total. The number of carbonyl (C=O) groups is 3. The van der Waals surface area contributed by atoms with Crippen molar-refractivity contribution in [1.29, 1.82) is 0 Å². The van der Waals surface area contributed by atoms with Crippen LogP contribution in [0.5, 0.6) is 0 Å². The molecule has 1 aromatic heterocycles. The third-order valence-corrected chi connectivity index (χ3v) is 5.91. The molecule has 0 radical (unpaired) electrons. The van der Waals surface area contributed by atoms with Crippen molar-refractivity contribution in [2.24, 2.45) is 0 Å². The van der Waals surface area contributed by atoms with Gasteiger partial charge in [0.25, 0.3) is 0 Å². The fraction of sp³-hybridized carbons (Fsp3) is 0.476. The molecule has 28 heavy (non-hydrogen) atoms. The maximum Gasteiger partial charge on any atom is 0.326 e. The van der Waals surface area contributed by atoms with Crippen LogP contribution in [0.1, 0.15) is 37.2 Å². The molecule has 3 heterocycles. The Morgan fingerprint density at radius 1 is 1.18 bits per heavy atom. The fourth-order valence-corrected chi connectivity index (χ4v) is 4.31. The Morgan fingerprint density at radius 2 is 1.93 bits per heavy atom. The van der Waals surface area contributed by atoms with Crippen LogP contribution in [0.25, 0.3) is 10.9 Å². The number of H-pyrrole nitrogens is 1. The molecule has 0 spiro atoms. The topological polar surface area (TPSA) is 76.7 Å². The van der Waals surface area contributed by atoms with E-state index < -0.39 is 0 Å². The molecule has 0 aliphatic carbocycles. The van der Waals surface area contributed by atoms with Crippen molar-refractivity contribution in [3.05, 3.63) is 36.0 Å². The maximum atomic E-state index is 12.5. The zero-order chi connectivity index (χ0) is 19.7. The van der Waals surface area contributed by atoms with E-state index >= 15 is 0 Å². The van der Waals surface area contributed by atoms with Crippen molar-refractivity contribution in [3.8, 4) is 0 Å². The minimum Gasteiger partial charge on any atom is -0.361 e. The minimum absolute atomic E-state index is 0.116. The molecule has 1 aromatic carbocycles. The lowest BCUT2D eigenvalue weighted by Gasteiger charge is -2.32. The second-order valence-corrected chi connectivity index (χ2v) is 7.73. The van der Waals surface area contributed by atoms with E-state index in [2.05, 4.69) is 29.4 Å². The third-order valence-electron chi connectivity index (χ3n) is 5.91. The molecule has 0 unspecified atom stereocenters. The summed E-state index contributed by atoms with van der Waals surface area (Å²) >= 11 is 0. The van der Waals surface area contributed by atoms with Crippen LogP contribution in [-0.2, 0) is 9.59 Å². The molecular formula is C21H26N4O3. The number of aromatic nitrogens is 1. The number of likely N-dealkylation sites (tertiary alicyclic amines) is 1. The lowest BCUT2D eigenvalue weighted by Crippen LogP contribution is -2.38. The van der Waals surface area contributed by atoms with Gasteiger partial charge in [0.15, 0.2) is 0 Å². The molecule has 2 aliphatic rings. The first-order valence-electron chi connectivity index (χ1n) is 9.94. The van der Waals surface area contributed by atoms with Gasteiger partial charge in [-0.2, -0.15) is 0 Å². The van der Waals surface area contributed by atoms with Gasteiger partial charge in [0, 0.05) is 50.2 Å². The summed E-state index contributed by atoms with van der Waals surface area (Å²) < 4.78 is 0. The van der Waals surface area contributed by atoms with Gasteiger partial charge in [0.1, 0.15) is 6.54 Å². The number of hydrogen-bond acceptors (Lipinski definition) is 3. The molecule has 7 heteroatoms. The Kier molecular flexibility index (Phi) is 5.07. The first-order valence-corrected chi connectivity index (χ1v) is 9.94. The highest BCUT2D eigenvalue weighted by Gasteiger charge is 2.33. The monoisotopic (exact) mass is 382 g/mol. The maximum absolute atomic E-state index is 12.5. The highest BCUT2D eigenvalue weighted by Crippen LogP contribution is 2.33. The van der Waals surface area contributed by atoms with Crippen LogP contribution in [0.3, 0.4) is 0 Å². The number of para-hydroxylation sites is 1. The fourth-order valence-electron chi connectivity index (χ4n) is 4.31. The number of aromatic amines is 1. The molecular weight excluding hydrogens is 356 g/mol. The van der Waals surface area contributed by atoms with E-state index in [4.69, 9.17) is 0 Å². The van der Waals surface area contributed by atoms with Gasteiger partial charge >= 0.3 is 6.03 Å². The van der Waals surface area contributed by atoms with Crippen LogP contribution in [-0.4, -0.2) is 70.8 Å². The van der Waals surface area contributed by atoms with Crippen molar-refractivity contribution < 1.29 is 14.4 Å². The summed E-state index contributed by atoms with van der Waals surface area (Å²) in [6.07, 6.45) is 4.92. The smallest absolute Gasteiger partial charge is 0.326 e. The van der Waals surface area contributed by atoms with Crippen LogP contribution < -0.4 is 0 Å². The summed E-state index contributed by atoms with van der Waals surface area (Å²) in [4.78, 5) is 44.1. The average Bonchev–Trinajstić information content (AvgIpc) is 3.24. The summed E-state index contributed by atoms with van der Waals surface area (Å²) in [5, 5.41) is 1.28. The molecule has 148 valence electrons. The standard InChI is InChI=1S/C21H26N4O3/c1-23-14-20(27)25(21(23)28)10-4-7-19(26)24-11-8-15(9-12-24)17-13-22-18-6-3-2-5-16(17)18/h2-3,5-6,13,15,22H,4,7-12,14H2,1H3. The third kappa shape index (κ3) is 3.48. The SMILES string of the molecule is CN1CC(=O)N(CCCC(=O)N2CCC(c3c[nH]c4ccccc34)CC2)C1=O. The predicted molar refractivity (Wildman–Crippen MR) is 106 cm³/mol. The highest BCUT2D eigenvalue weighted by molar-refractivity contribution is 6.01. The zero-order valence-corrected chi connectivity index (χ0v) is 16.2. The number of piperidine rings is 1. The van der Waals surface area contributed by atoms with Crippen LogP contribution in [0, 0.1) is 0 Å². The number of fused-ring (bicyclic) bond motifs is 1. The second-order valence-electron chi connectivity index (χ2n) is 7.73. The first-order chi connectivity index (χ1) is 13.5. The molecule has 7 nitrogen and oxygen atoms in total. The Balaban J connectivity index is 1.26. The van der Waals surface area contributed by atoms with Gasteiger partial charge in [-0.1, -0.05) is 18.2 Å². The van der Waals surface area contributed by atoms with E-state index in [9.17, 15) is 14.4 Å². The van der Waals surface area contributed by atoms with Gasteiger partial charge in [-0.3, -0.25) is 14.5 Å². The number of nitrogens with zero attached hydrogens (tertiary/aromatic N) is 3. The molecule has 4 amide bonds. The Morgan fingerprint density at radius 3 is 2.64 bits per heavy atom. The summed E-state index contributed by atoms with van der Waals surface area (Å²) in [5.41, 5.74) is 2.51. The largest absolute Gasteiger partial charge is 0.361 e. The van der Waals surface area contributed by atoms with E-state index in [1.807, 2.05) is 11.0 Å². The van der Waals surface area contributed by atoms with Crippen LogP contribution in [0.2, 0.25) is 0 Å². The van der Waals surface area contributed by atoms with Gasteiger partial charge in [-0.25, -0.2) is 4.79 Å². The number of hydrogen-bond donors (Lipinski definition) is 1. The van der Waals surface area contributed by atoms with Crippen LogP contribution in [0.15, 0.2) is 30.5 Å². The number of rotatable bonds is 5. The van der Waals surface area contributed by atoms with E-state index in [1.165, 1.54) is 20.7 Å². The number of urea groups is 1. The lowest BCUT2D eigenvalue weighted by atomic mass is 9.89. The number of benzene rings is 1. The molecule has 2 aliphatic heterocycles. The summed E-state index contributed by atoms with van der Waals surface area (Å²) in [6.45, 7) is 1.97. The highest BCUT2D eigenvalue weighted by atomic mass is 16.2. The summed E-state index contributed by atoms with van der Waals surface area (Å²) in [7, 11) is 1.61. The number of nitrogens with one attached hydrogen (secondary N) is 1. The van der Waals surface area contributed by atoms with Gasteiger partial charge in [0.2, 0.25) is 11.8 Å². The molecule has 2 aromatic rings. The van der Waals surface area contributed by atoms with Crippen molar-refractivity contribution >= 4 is 28.7 Å². The molecule has 4 rings (SSSR count). The van der Waals surface area contributed by atoms with Crippen LogP contribution in [0.4, 0.5) is 4.79 Å². The van der Waals surface area contributed by atoms with Gasteiger partial charge < -0.3 is 14.8 Å². The van der Waals surface area contributed by atoms with E-state index in [0.29, 0.717) is 25.3 Å². The summed E-state index contributed by atoms with van der Waals surface area (Å²) in [5.74, 6) is 0.403. The second kappa shape index (κ2) is 7.66. The molecule has 0 bridgehead atoms. The van der Waals surface area contributed by atoms with E-state index in [0.717, 1.165) is 31.4 Å². The number of imide groups is 1. The van der Waals surface area contributed by atoms with Crippen molar-refractivity contribution in [3.63, 3.8) is 0 Å². The number of amides is 4. The van der Waals surface area contributed by atoms with Crippen LogP contribution >= 0.6 is 0 Å². The average molecular weight is 382 g/mol. The normalized spacial score (nSPS) is 18.5. The molecule has 2 fully saturated rings. The number of carbonyl (C=O) groups excluding carboxylic acids is 3. The lowest BCUT2D eigenvalue weighted by molar-refractivity contribution is -0.133. The van der Waals surface area contributed by atoms with Crippen molar-refractivity contribution in [2.45, 2.75) is 31.6 Å². The van der Waals surface area contributed by atoms with Gasteiger partial charge in [-0.15, -0.1) is 0 Å². The van der Waals surface area contributed by atoms with Crippen molar-refractivity contribution in [2.75, 3.05) is 33.2 Å². The first kappa shape index (κ1) is 18.5. The Bertz CT molecular complexity index is 898. The van der Waals surface area contributed by atoms with Gasteiger partial charge in [0.05, 0.1) is 0 Å². The quantitative estimate of drug-likeness (QED) is 0.808. The molecule has 0 saturated carbocycles. The van der Waals surface area contributed by atoms with E-state index in [-0.39, 0.29) is 24.4 Å². The van der Waals surface area contributed by atoms with E-state index in [1.54, 1.807) is 7.05 Å². The molecule has 2 saturated heterocycles. The van der Waals surface area contributed by atoms with Crippen molar-refractivity contribution in [1.82, 2.24) is 19.7 Å². The zero-order valence-electron chi connectivity index (χ0n) is 16.2. The summed E-state index contributed by atoms with van der Waals surface area (Å²) in [6, 6.07) is 8.07.